The number of amides is 1. The number of nitrogens with zero attached hydrogens (tertiary/aromatic N) is 2. The van der Waals surface area contributed by atoms with Gasteiger partial charge in [-0.1, -0.05) is 42.5 Å². The highest BCUT2D eigenvalue weighted by molar-refractivity contribution is 7.92. The Kier molecular flexibility index (Phi) is 7.09. The van der Waals surface area contributed by atoms with Gasteiger partial charge in [-0.25, -0.2) is 8.42 Å². The zero-order valence-corrected chi connectivity index (χ0v) is 18.9. The Balaban J connectivity index is 1.69. The standard InChI is InChI=1S/C23H25N3O5S/c1-4-31-22(27)15-32(29,30)19-12-10-17(11-13-19)16(2)24-23(28)20-14-21(26(3)25-20)18-8-6-5-7-9-18/h5-14,16H,4,15H2,1-3H3,(H,24,28)/t16-/m1/s1. The molecule has 32 heavy (non-hydrogen) atoms. The molecule has 8 nitrogen and oxygen atoms in total. The summed E-state index contributed by atoms with van der Waals surface area (Å²) in [5.74, 6) is -1.84. The minimum Gasteiger partial charge on any atom is -0.465 e. The monoisotopic (exact) mass is 455 g/mol. The largest absolute Gasteiger partial charge is 0.465 e. The van der Waals surface area contributed by atoms with E-state index in [2.05, 4.69) is 10.4 Å². The second kappa shape index (κ2) is 9.78. The number of benzene rings is 2. The third-order valence-electron chi connectivity index (χ3n) is 4.88. The van der Waals surface area contributed by atoms with Crippen LogP contribution in [0.2, 0.25) is 0 Å². The molecule has 1 aromatic heterocycles. The van der Waals surface area contributed by atoms with E-state index in [4.69, 9.17) is 4.74 Å². The summed E-state index contributed by atoms with van der Waals surface area (Å²) in [7, 11) is -2.02. The number of aromatic nitrogens is 2. The fourth-order valence-corrected chi connectivity index (χ4v) is 4.33. The quantitative estimate of drug-likeness (QED) is 0.524. The van der Waals surface area contributed by atoms with Crippen molar-refractivity contribution in [2.45, 2.75) is 24.8 Å². The number of carbonyl (C=O) groups excluding carboxylic acids is 2. The average Bonchev–Trinajstić information content (AvgIpc) is 3.16. The van der Waals surface area contributed by atoms with Gasteiger partial charge in [-0.05, 0) is 43.2 Å². The minimum absolute atomic E-state index is 0.0186. The molecular formula is C23H25N3O5S. The number of sulfone groups is 1. The summed E-state index contributed by atoms with van der Waals surface area (Å²) < 4.78 is 31.0. The SMILES string of the molecule is CCOC(=O)CS(=O)(=O)c1ccc([C@@H](C)NC(=O)c2cc(-c3ccccc3)n(C)n2)cc1. The van der Waals surface area contributed by atoms with Crippen LogP contribution in [0.4, 0.5) is 0 Å². The van der Waals surface area contributed by atoms with Crippen molar-refractivity contribution in [3.8, 4) is 11.3 Å². The molecule has 0 aliphatic carbocycles. The van der Waals surface area contributed by atoms with E-state index >= 15 is 0 Å². The van der Waals surface area contributed by atoms with Crippen molar-refractivity contribution in [2.75, 3.05) is 12.4 Å². The molecule has 0 unspecified atom stereocenters. The first-order valence-electron chi connectivity index (χ1n) is 10.1. The Morgan fingerprint density at radius 2 is 1.75 bits per heavy atom. The lowest BCUT2D eigenvalue weighted by Crippen LogP contribution is -2.27. The van der Waals surface area contributed by atoms with Gasteiger partial charge in [0.2, 0.25) is 0 Å². The van der Waals surface area contributed by atoms with E-state index in [-0.39, 0.29) is 29.1 Å². The van der Waals surface area contributed by atoms with Crippen LogP contribution in [0, 0.1) is 0 Å². The van der Waals surface area contributed by atoms with Crippen molar-refractivity contribution in [3.63, 3.8) is 0 Å². The number of hydrogen-bond donors (Lipinski definition) is 1. The van der Waals surface area contributed by atoms with Gasteiger partial charge >= 0.3 is 5.97 Å². The van der Waals surface area contributed by atoms with E-state index in [1.165, 1.54) is 12.1 Å². The van der Waals surface area contributed by atoms with E-state index < -0.39 is 21.6 Å². The van der Waals surface area contributed by atoms with Gasteiger partial charge in [0.1, 0.15) is 0 Å². The van der Waals surface area contributed by atoms with Gasteiger partial charge < -0.3 is 10.1 Å². The number of hydrogen-bond acceptors (Lipinski definition) is 6. The van der Waals surface area contributed by atoms with Crippen molar-refractivity contribution in [1.29, 1.82) is 0 Å². The van der Waals surface area contributed by atoms with E-state index in [0.717, 1.165) is 11.3 Å². The van der Waals surface area contributed by atoms with Crippen molar-refractivity contribution in [2.24, 2.45) is 7.05 Å². The molecule has 168 valence electrons. The number of nitrogens with one attached hydrogen (secondary N) is 1. The molecule has 2 aromatic carbocycles. The Labute approximate surface area is 187 Å². The highest BCUT2D eigenvalue weighted by Gasteiger charge is 2.21. The Hall–Kier alpha value is -3.46. The summed E-state index contributed by atoms with van der Waals surface area (Å²) in [5, 5.41) is 7.18. The second-order valence-corrected chi connectivity index (χ2v) is 9.22. The summed E-state index contributed by atoms with van der Waals surface area (Å²) in [5.41, 5.74) is 2.77. The van der Waals surface area contributed by atoms with E-state index in [9.17, 15) is 18.0 Å². The summed E-state index contributed by atoms with van der Waals surface area (Å²) in [4.78, 5) is 24.2. The van der Waals surface area contributed by atoms with E-state index in [1.54, 1.807) is 43.8 Å². The van der Waals surface area contributed by atoms with E-state index in [1.807, 2.05) is 30.3 Å². The molecule has 0 saturated heterocycles. The summed E-state index contributed by atoms with van der Waals surface area (Å²) >= 11 is 0. The van der Waals surface area contributed by atoms with Crippen LogP contribution in [0.3, 0.4) is 0 Å². The van der Waals surface area contributed by atoms with Gasteiger partial charge in [-0.3, -0.25) is 14.3 Å². The first-order chi connectivity index (χ1) is 15.2. The summed E-state index contributed by atoms with van der Waals surface area (Å²) in [6.45, 7) is 3.52. The number of aryl methyl sites for hydroxylation is 1. The lowest BCUT2D eigenvalue weighted by molar-refractivity contribution is -0.139. The second-order valence-electron chi connectivity index (χ2n) is 7.23. The zero-order valence-electron chi connectivity index (χ0n) is 18.1. The lowest BCUT2D eigenvalue weighted by atomic mass is 10.1. The van der Waals surface area contributed by atoms with Gasteiger partial charge in [0, 0.05) is 7.05 Å². The Bertz CT molecular complexity index is 1200. The maximum Gasteiger partial charge on any atom is 0.321 e. The molecule has 1 N–H and O–H groups in total. The first kappa shape index (κ1) is 23.2. The molecule has 9 heteroatoms. The third-order valence-corrected chi connectivity index (χ3v) is 6.49. The zero-order chi connectivity index (χ0) is 23.3. The molecule has 1 heterocycles. The molecule has 3 aromatic rings. The van der Waals surface area contributed by atoms with Crippen LogP contribution < -0.4 is 5.32 Å². The van der Waals surface area contributed by atoms with Crippen LogP contribution in [0.25, 0.3) is 11.3 Å². The molecule has 1 amide bonds. The number of carbonyl (C=O) groups is 2. The van der Waals surface area contributed by atoms with Gasteiger partial charge in [0.25, 0.3) is 5.91 Å². The maximum absolute atomic E-state index is 12.7. The fourth-order valence-electron chi connectivity index (χ4n) is 3.22. The highest BCUT2D eigenvalue weighted by Crippen LogP contribution is 2.21. The Morgan fingerprint density at radius 3 is 2.38 bits per heavy atom. The number of rotatable bonds is 8. The van der Waals surface area contributed by atoms with Crippen molar-refractivity contribution >= 4 is 21.7 Å². The van der Waals surface area contributed by atoms with Crippen LogP contribution in [-0.4, -0.2) is 42.4 Å². The predicted octanol–water partition coefficient (Wildman–Crippen LogP) is 2.91. The van der Waals surface area contributed by atoms with Crippen LogP contribution in [0.1, 0.15) is 35.9 Å². The fraction of sp³-hybridized carbons (Fsp3) is 0.261. The number of ether oxygens (including phenoxy) is 1. The van der Waals surface area contributed by atoms with Gasteiger partial charge in [-0.15, -0.1) is 0 Å². The van der Waals surface area contributed by atoms with Crippen molar-refractivity contribution in [1.82, 2.24) is 15.1 Å². The molecule has 3 rings (SSSR count). The molecule has 0 radical (unpaired) electrons. The average molecular weight is 456 g/mol. The van der Waals surface area contributed by atoms with E-state index in [0.29, 0.717) is 5.56 Å². The van der Waals surface area contributed by atoms with Crippen LogP contribution >= 0.6 is 0 Å². The van der Waals surface area contributed by atoms with Crippen molar-refractivity contribution < 1.29 is 22.7 Å². The predicted molar refractivity (Wildman–Crippen MR) is 120 cm³/mol. The van der Waals surface area contributed by atoms with Crippen LogP contribution in [0.5, 0.6) is 0 Å². The molecule has 0 bridgehead atoms. The molecule has 0 aliphatic rings. The van der Waals surface area contributed by atoms with Gasteiger partial charge in [-0.2, -0.15) is 5.10 Å². The molecule has 0 fully saturated rings. The number of esters is 1. The summed E-state index contributed by atoms with van der Waals surface area (Å²) in [6, 6.07) is 17.0. The molecule has 0 aliphatic heterocycles. The smallest absolute Gasteiger partial charge is 0.321 e. The normalized spacial score (nSPS) is 12.2. The van der Waals surface area contributed by atoms with Gasteiger partial charge in [0.15, 0.2) is 21.3 Å². The molecule has 1 atom stereocenters. The molecule has 0 spiro atoms. The van der Waals surface area contributed by atoms with Gasteiger partial charge in [0.05, 0.1) is 23.2 Å². The van der Waals surface area contributed by atoms with Crippen LogP contribution in [0.15, 0.2) is 65.6 Å². The molecule has 0 saturated carbocycles. The van der Waals surface area contributed by atoms with Crippen LogP contribution in [-0.2, 0) is 26.4 Å². The topological polar surface area (TPSA) is 107 Å². The summed E-state index contributed by atoms with van der Waals surface area (Å²) in [6.07, 6.45) is 0. The first-order valence-corrected chi connectivity index (χ1v) is 11.7. The molecular weight excluding hydrogens is 430 g/mol. The highest BCUT2D eigenvalue weighted by atomic mass is 32.2. The van der Waals surface area contributed by atoms with Crippen molar-refractivity contribution in [3.05, 3.63) is 71.9 Å². The maximum atomic E-state index is 12.7. The minimum atomic E-state index is -3.79. The Morgan fingerprint density at radius 1 is 1.09 bits per heavy atom. The lowest BCUT2D eigenvalue weighted by Gasteiger charge is -2.14. The third kappa shape index (κ3) is 5.42.